The van der Waals surface area contributed by atoms with Crippen LogP contribution < -0.4 is 4.74 Å². The van der Waals surface area contributed by atoms with Crippen molar-refractivity contribution < 1.29 is 14.2 Å². The van der Waals surface area contributed by atoms with Gasteiger partial charge in [0.15, 0.2) is 0 Å². The van der Waals surface area contributed by atoms with Gasteiger partial charge in [-0.1, -0.05) is 6.92 Å². The lowest BCUT2D eigenvalue weighted by Gasteiger charge is -2.06. The third-order valence-electron chi connectivity index (χ3n) is 2.22. The molecule has 102 valence electrons. The largest absolute Gasteiger partial charge is 0.491 e. The average molecular weight is 270 g/mol. The van der Waals surface area contributed by atoms with Gasteiger partial charge in [0, 0.05) is 24.4 Å². The lowest BCUT2D eigenvalue weighted by atomic mass is 10.3. The van der Waals surface area contributed by atoms with Gasteiger partial charge in [-0.3, -0.25) is 0 Å². The number of thioether (sulfide) groups is 1. The molecule has 0 N–H and O–H groups in total. The Morgan fingerprint density at radius 1 is 1.00 bits per heavy atom. The van der Waals surface area contributed by atoms with Crippen LogP contribution in [0.5, 0.6) is 5.75 Å². The summed E-state index contributed by atoms with van der Waals surface area (Å²) in [5.41, 5.74) is 0. The van der Waals surface area contributed by atoms with Crippen LogP contribution in [-0.2, 0) is 9.47 Å². The number of hydrogen-bond donors (Lipinski definition) is 0. The predicted octanol–water partition coefficient (Wildman–Crippen LogP) is 3.23. The molecule has 0 fully saturated rings. The van der Waals surface area contributed by atoms with E-state index in [1.54, 1.807) is 18.9 Å². The predicted molar refractivity (Wildman–Crippen MR) is 75.6 cm³/mol. The fourth-order valence-electron chi connectivity index (χ4n) is 1.34. The van der Waals surface area contributed by atoms with Gasteiger partial charge in [0.05, 0.1) is 13.2 Å². The van der Waals surface area contributed by atoms with Gasteiger partial charge in [-0.05, 0) is 30.7 Å². The number of benzene rings is 1. The van der Waals surface area contributed by atoms with Gasteiger partial charge >= 0.3 is 0 Å². The van der Waals surface area contributed by atoms with Crippen molar-refractivity contribution in [2.24, 2.45) is 0 Å². The summed E-state index contributed by atoms with van der Waals surface area (Å²) in [7, 11) is 1.67. The van der Waals surface area contributed by atoms with Gasteiger partial charge in [0.2, 0.25) is 0 Å². The van der Waals surface area contributed by atoms with Gasteiger partial charge in [-0.2, -0.15) is 0 Å². The summed E-state index contributed by atoms with van der Waals surface area (Å²) in [6, 6.07) is 8.13. The van der Waals surface area contributed by atoms with Crippen molar-refractivity contribution in [3.63, 3.8) is 0 Å². The molecular weight excluding hydrogens is 248 g/mol. The first kappa shape index (κ1) is 15.3. The minimum Gasteiger partial charge on any atom is -0.491 e. The number of rotatable bonds is 10. The Balaban J connectivity index is 2.19. The van der Waals surface area contributed by atoms with Gasteiger partial charge < -0.3 is 14.2 Å². The SMILES string of the molecule is CCCOCCSc1ccc(OCCOC)cc1. The fraction of sp³-hybridized carbons (Fsp3) is 0.571. The maximum absolute atomic E-state index is 5.50. The summed E-state index contributed by atoms with van der Waals surface area (Å²) in [5.74, 6) is 1.88. The second kappa shape index (κ2) is 10.2. The Labute approximate surface area is 114 Å². The zero-order valence-corrected chi connectivity index (χ0v) is 12.0. The van der Waals surface area contributed by atoms with Gasteiger partial charge in [0.25, 0.3) is 0 Å². The molecule has 0 amide bonds. The number of methoxy groups -OCH3 is 1. The molecular formula is C14H22O3S. The lowest BCUT2D eigenvalue weighted by molar-refractivity contribution is 0.146. The van der Waals surface area contributed by atoms with E-state index >= 15 is 0 Å². The van der Waals surface area contributed by atoms with Crippen LogP contribution in [0.2, 0.25) is 0 Å². The zero-order chi connectivity index (χ0) is 13.1. The van der Waals surface area contributed by atoms with E-state index in [0.29, 0.717) is 13.2 Å². The maximum atomic E-state index is 5.50. The Kier molecular flexibility index (Phi) is 8.73. The first-order chi connectivity index (χ1) is 8.86. The monoisotopic (exact) mass is 270 g/mol. The second-order valence-corrected chi connectivity index (χ2v) is 4.94. The Morgan fingerprint density at radius 3 is 2.44 bits per heavy atom. The van der Waals surface area contributed by atoms with Crippen LogP contribution in [0.1, 0.15) is 13.3 Å². The standard InChI is InChI=1S/C14H22O3S/c1-3-8-16-11-12-18-14-6-4-13(5-7-14)17-10-9-15-2/h4-7H,3,8-12H2,1-2H3. The molecule has 0 bridgehead atoms. The molecule has 0 aliphatic carbocycles. The van der Waals surface area contributed by atoms with E-state index < -0.39 is 0 Å². The van der Waals surface area contributed by atoms with Crippen molar-refractivity contribution in [3.05, 3.63) is 24.3 Å². The second-order valence-electron chi connectivity index (χ2n) is 3.77. The van der Waals surface area contributed by atoms with E-state index in [9.17, 15) is 0 Å². The van der Waals surface area contributed by atoms with Crippen molar-refractivity contribution >= 4 is 11.8 Å². The molecule has 4 heteroatoms. The summed E-state index contributed by atoms with van der Waals surface area (Å²) in [6.07, 6.45) is 1.08. The molecule has 1 aromatic carbocycles. The molecule has 3 nitrogen and oxygen atoms in total. The Morgan fingerprint density at radius 2 is 1.78 bits per heavy atom. The summed E-state index contributed by atoms with van der Waals surface area (Å²) in [6.45, 7) is 4.99. The fourth-order valence-corrected chi connectivity index (χ4v) is 2.11. The van der Waals surface area contributed by atoms with Crippen LogP contribution in [0.4, 0.5) is 0 Å². The van der Waals surface area contributed by atoms with E-state index in [1.807, 2.05) is 12.1 Å². The third kappa shape index (κ3) is 6.89. The molecule has 0 spiro atoms. The summed E-state index contributed by atoms with van der Waals surface area (Å²) >= 11 is 1.80. The molecule has 0 aromatic heterocycles. The van der Waals surface area contributed by atoms with Gasteiger partial charge in [-0.25, -0.2) is 0 Å². The molecule has 0 unspecified atom stereocenters. The first-order valence-corrected chi connectivity index (χ1v) is 7.27. The van der Waals surface area contributed by atoms with Gasteiger partial charge in [-0.15, -0.1) is 11.8 Å². The summed E-state index contributed by atoms with van der Waals surface area (Å²) in [5, 5.41) is 0. The smallest absolute Gasteiger partial charge is 0.119 e. The molecule has 0 heterocycles. The molecule has 1 rings (SSSR count). The lowest BCUT2D eigenvalue weighted by Crippen LogP contribution is -2.03. The molecule has 0 aliphatic heterocycles. The molecule has 0 atom stereocenters. The van der Waals surface area contributed by atoms with Crippen LogP contribution in [0.15, 0.2) is 29.2 Å². The average Bonchev–Trinajstić information content (AvgIpc) is 2.40. The van der Waals surface area contributed by atoms with Crippen LogP contribution in [0.25, 0.3) is 0 Å². The molecule has 0 saturated heterocycles. The highest BCUT2D eigenvalue weighted by atomic mass is 32.2. The van der Waals surface area contributed by atoms with E-state index in [0.717, 1.165) is 31.1 Å². The van der Waals surface area contributed by atoms with Crippen LogP contribution >= 0.6 is 11.8 Å². The Bertz CT molecular complexity index is 300. The highest BCUT2D eigenvalue weighted by Gasteiger charge is 1.97. The molecule has 1 aromatic rings. The zero-order valence-electron chi connectivity index (χ0n) is 11.2. The van der Waals surface area contributed by atoms with Crippen LogP contribution in [-0.4, -0.2) is 39.3 Å². The van der Waals surface area contributed by atoms with E-state index in [-0.39, 0.29) is 0 Å². The van der Waals surface area contributed by atoms with Crippen molar-refractivity contribution in [3.8, 4) is 5.75 Å². The Hall–Kier alpha value is -0.710. The summed E-state index contributed by atoms with van der Waals surface area (Å²) < 4.78 is 15.9. The van der Waals surface area contributed by atoms with E-state index in [1.165, 1.54) is 4.90 Å². The van der Waals surface area contributed by atoms with Gasteiger partial charge in [0.1, 0.15) is 12.4 Å². The minimum atomic E-state index is 0.591. The van der Waals surface area contributed by atoms with E-state index in [2.05, 4.69) is 19.1 Å². The maximum Gasteiger partial charge on any atom is 0.119 e. The normalized spacial score (nSPS) is 10.6. The molecule has 0 radical (unpaired) electrons. The molecule has 0 saturated carbocycles. The van der Waals surface area contributed by atoms with E-state index in [4.69, 9.17) is 14.2 Å². The van der Waals surface area contributed by atoms with Crippen molar-refractivity contribution in [1.29, 1.82) is 0 Å². The first-order valence-electron chi connectivity index (χ1n) is 6.29. The highest BCUT2D eigenvalue weighted by molar-refractivity contribution is 7.99. The van der Waals surface area contributed by atoms with Crippen molar-refractivity contribution in [2.45, 2.75) is 18.2 Å². The quantitative estimate of drug-likeness (QED) is 0.482. The minimum absolute atomic E-state index is 0.591. The van der Waals surface area contributed by atoms with Crippen molar-refractivity contribution in [1.82, 2.24) is 0 Å². The molecule has 0 aliphatic rings. The summed E-state index contributed by atoms with van der Waals surface area (Å²) in [4.78, 5) is 1.24. The topological polar surface area (TPSA) is 27.7 Å². The van der Waals surface area contributed by atoms with Crippen molar-refractivity contribution in [2.75, 3.05) is 39.3 Å². The van der Waals surface area contributed by atoms with Crippen LogP contribution in [0.3, 0.4) is 0 Å². The van der Waals surface area contributed by atoms with Crippen LogP contribution in [0, 0.1) is 0 Å². The molecule has 18 heavy (non-hydrogen) atoms. The number of ether oxygens (including phenoxy) is 3. The third-order valence-corrected chi connectivity index (χ3v) is 3.20. The highest BCUT2D eigenvalue weighted by Crippen LogP contribution is 2.21. The number of hydrogen-bond acceptors (Lipinski definition) is 4.